The molecule has 0 atom stereocenters. The minimum absolute atomic E-state index is 0. The highest BCUT2D eigenvalue weighted by Gasteiger charge is 2.10. The first kappa shape index (κ1) is 21.0. The molecule has 0 spiro atoms. The van der Waals surface area contributed by atoms with E-state index in [1.165, 1.54) is 0 Å². The fourth-order valence-electron chi connectivity index (χ4n) is 1.85. The second-order valence-electron chi connectivity index (χ2n) is 4.61. The van der Waals surface area contributed by atoms with Crippen LogP contribution in [0, 0.1) is 0 Å². The lowest BCUT2D eigenvalue weighted by Crippen LogP contribution is -2.36. The van der Waals surface area contributed by atoms with Crippen molar-refractivity contribution in [2.75, 3.05) is 47.2 Å². The molecule has 0 saturated carbocycles. The molecule has 126 valence electrons. The maximum atomic E-state index is 12.0. The van der Waals surface area contributed by atoms with Crippen molar-refractivity contribution in [2.45, 2.75) is 11.4 Å². The third-order valence-corrected chi connectivity index (χ3v) is 3.83. The first-order valence-corrected chi connectivity index (χ1v) is 7.99. The van der Waals surface area contributed by atoms with Crippen LogP contribution in [0.1, 0.15) is 5.56 Å². The number of benzene rings is 1. The summed E-state index contributed by atoms with van der Waals surface area (Å²) in [5.41, 5.74) is 1.05. The molecule has 7 heteroatoms. The van der Waals surface area contributed by atoms with E-state index in [9.17, 15) is 4.79 Å². The number of nitrogens with one attached hydrogen (secondary N) is 1. The smallest absolute Gasteiger partial charge is 0.236 e. The predicted molar refractivity (Wildman–Crippen MR) is 93.2 cm³/mol. The molecule has 1 rings (SSSR count). The molecule has 1 N–H and O–H groups in total. The number of hydrogen-bond donors (Lipinski definition) is 1. The zero-order valence-corrected chi connectivity index (χ0v) is 15.2. The van der Waals surface area contributed by atoms with Crippen LogP contribution in [0.3, 0.4) is 0 Å². The minimum Gasteiger partial charge on any atom is -0.496 e. The molecule has 0 saturated heterocycles. The zero-order chi connectivity index (χ0) is 15.7. The Hall–Kier alpha value is -0.950. The van der Waals surface area contributed by atoms with Gasteiger partial charge in [0.1, 0.15) is 5.75 Å². The number of methoxy groups -OCH3 is 2. The van der Waals surface area contributed by atoms with E-state index in [0.717, 1.165) is 16.2 Å². The van der Waals surface area contributed by atoms with Gasteiger partial charge in [-0.25, -0.2) is 0 Å². The number of likely N-dealkylation sites (N-methyl/N-ethyl adjacent to an activating group) is 1. The molecule has 0 aliphatic carbocycles. The number of halogens is 1. The average Bonchev–Trinajstić information content (AvgIpc) is 2.51. The topological polar surface area (TPSA) is 50.8 Å². The van der Waals surface area contributed by atoms with Crippen molar-refractivity contribution in [3.05, 3.63) is 23.8 Å². The van der Waals surface area contributed by atoms with E-state index in [0.29, 0.717) is 26.2 Å². The molecule has 0 aliphatic rings. The van der Waals surface area contributed by atoms with Crippen molar-refractivity contribution < 1.29 is 14.3 Å². The first-order valence-electron chi connectivity index (χ1n) is 6.77. The molecule has 5 nitrogen and oxygen atoms in total. The molecule has 0 heterocycles. The van der Waals surface area contributed by atoms with Crippen LogP contribution in [0.25, 0.3) is 0 Å². The van der Waals surface area contributed by atoms with E-state index >= 15 is 0 Å². The number of ether oxygens (including phenoxy) is 2. The van der Waals surface area contributed by atoms with E-state index in [1.807, 2.05) is 24.5 Å². The van der Waals surface area contributed by atoms with Crippen LogP contribution >= 0.6 is 24.2 Å². The summed E-state index contributed by atoms with van der Waals surface area (Å²) in [6, 6.07) is 6.03. The molecule has 0 bridgehead atoms. The molecule has 0 aliphatic heterocycles. The summed E-state index contributed by atoms with van der Waals surface area (Å²) in [5, 5.41) is 3.05. The van der Waals surface area contributed by atoms with Crippen LogP contribution in [0.15, 0.2) is 23.1 Å². The van der Waals surface area contributed by atoms with E-state index in [4.69, 9.17) is 9.47 Å². The highest BCUT2D eigenvalue weighted by atomic mass is 35.5. The van der Waals surface area contributed by atoms with Crippen LogP contribution in [0.2, 0.25) is 0 Å². The lowest BCUT2D eigenvalue weighted by molar-refractivity contribution is -0.129. The monoisotopic (exact) mass is 348 g/mol. The molecule has 0 fully saturated rings. The Bertz CT molecular complexity index is 460. The summed E-state index contributed by atoms with van der Waals surface area (Å²) >= 11 is 1.64. The molecule has 0 aromatic heterocycles. The Labute approximate surface area is 143 Å². The molecular weight excluding hydrogens is 324 g/mol. The summed E-state index contributed by atoms with van der Waals surface area (Å²) in [4.78, 5) is 14.8. The number of carbonyl (C=O) groups is 1. The van der Waals surface area contributed by atoms with Crippen LogP contribution in [0.4, 0.5) is 0 Å². The number of rotatable bonds is 9. The Morgan fingerprint density at radius 1 is 1.36 bits per heavy atom. The molecule has 1 aromatic rings. The van der Waals surface area contributed by atoms with Crippen LogP contribution in [0.5, 0.6) is 5.75 Å². The number of carbonyl (C=O) groups excluding carboxylic acids is 1. The number of hydrogen-bond acceptors (Lipinski definition) is 5. The average molecular weight is 349 g/mol. The van der Waals surface area contributed by atoms with Crippen LogP contribution in [-0.2, 0) is 16.1 Å². The summed E-state index contributed by atoms with van der Waals surface area (Å²) in [6.07, 6.45) is 2.01. The van der Waals surface area contributed by atoms with Crippen molar-refractivity contribution in [1.29, 1.82) is 0 Å². The third-order valence-electron chi connectivity index (χ3n) is 3.05. The van der Waals surface area contributed by atoms with Gasteiger partial charge in [0.15, 0.2) is 0 Å². The van der Waals surface area contributed by atoms with Gasteiger partial charge in [0.05, 0.1) is 20.3 Å². The van der Waals surface area contributed by atoms with Gasteiger partial charge in [0.25, 0.3) is 0 Å². The van der Waals surface area contributed by atoms with Gasteiger partial charge < -0.3 is 19.7 Å². The normalized spacial score (nSPS) is 10.0. The van der Waals surface area contributed by atoms with Gasteiger partial charge in [-0.2, -0.15) is 0 Å². The predicted octanol–water partition coefficient (Wildman–Crippen LogP) is 2.03. The molecule has 0 unspecified atom stereocenters. The van der Waals surface area contributed by atoms with E-state index < -0.39 is 0 Å². The standard InChI is InChI=1S/C15H24N2O3S.ClH/c1-17(15(18)10-16-7-8-19-2)11-12-5-6-14(21-4)13(9-12)20-3;/h5-6,9,16H,7-8,10-11H2,1-4H3;1H. The van der Waals surface area contributed by atoms with Crippen LogP contribution in [-0.4, -0.2) is 58.0 Å². The summed E-state index contributed by atoms with van der Waals surface area (Å²) in [6.45, 7) is 2.16. The molecule has 0 radical (unpaired) electrons. The van der Waals surface area contributed by atoms with Gasteiger partial charge in [0.2, 0.25) is 5.91 Å². The fraction of sp³-hybridized carbons (Fsp3) is 0.533. The van der Waals surface area contributed by atoms with Gasteiger partial charge in [-0.05, 0) is 24.0 Å². The SMILES string of the molecule is COCCNCC(=O)N(C)Cc1ccc(SC)c(OC)c1.Cl. The van der Waals surface area contributed by atoms with Crippen molar-refractivity contribution in [1.82, 2.24) is 10.2 Å². The minimum atomic E-state index is 0. The summed E-state index contributed by atoms with van der Waals surface area (Å²) in [7, 11) is 5.10. The van der Waals surface area contributed by atoms with E-state index in [2.05, 4.69) is 5.32 Å². The first-order chi connectivity index (χ1) is 10.1. The number of amides is 1. The Kier molecular flexibility index (Phi) is 11.1. The van der Waals surface area contributed by atoms with Crippen molar-refractivity contribution in [3.8, 4) is 5.75 Å². The molecule has 1 aromatic carbocycles. The number of nitrogens with zero attached hydrogens (tertiary/aromatic N) is 1. The van der Waals surface area contributed by atoms with Crippen molar-refractivity contribution >= 4 is 30.1 Å². The lowest BCUT2D eigenvalue weighted by Gasteiger charge is -2.18. The highest BCUT2D eigenvalue weighted by molar-refractivity contribution is 7.98. The van der Waals surface area contributed by atoms with Crippen molar-refractivity contribution in [3.63, 3.8) is 0 Å². The van der Waals surface area contributed by atoms with Gasteiger partial charge in [-0.15, -0.1) is 24.2 Å². The maximum absolute atomic E-state index is 12.0. The van der Waals surface area contributed by atoms with Gasteiger partial charge in [-0.1, -0.05) is 6.07 Å². The summed E-state index contributed by atoms with van der Waals surface area (Å²) < 4.78 is 10.3. The second kappa shape index (κ2) is 11.6. The Balaban J connectivity index is 0.00000441. The Morgan fingerprint density at radius 3 is 2.68 bits per heavy atom. The third kappa shape index (κ3) is 6.87. The maximum Gasteiger partial charge on any atom is 0.236 e. The fourth-order valence-corrected chi connectivity index (χ4v) is 2.39. The van der Waals surface area contributed by atoms with E-state index in [-0.39, 0.29) is 18.3 Å². The molecule has 22 heavy (non-hydrogen) atoms. The molecular formula is C15H25ClN2O3S. The van der Waals surface area contributed by atoms with Gasteiger partial charge >= 0.3 is 0 Å². The molecule has 1 amide bonds. The van der Waals surface area contributed by atoms with E-state index in [1.54, 1.807) is 37.9 Å². The lowest BCUT2D eigenvalue weighted by atomic mass is 10.2. The van der Waals surface area contributed by atoms with Gasteiger partial charge in [-0.3, -0.25) is 4.79 Å². The quantitative estimate of drug-likeness (QED) is 0.546. The van der Waals surface area contributed by atoms with Gasteiger partial charge in [0, 0.05) is 32.1 Å². The largest absolute Gasteiger partial charge is 0.496 e. The number of thioether (sulfide) groups is 1. The van der Waals surface area contributed by atoms with Crippen LogP contribution < -0.4 is 10.1 Å². The zero-order valence-electron chi connectivity index (χ0n) is 13.5. The second-order valence-corrected chi connectivity index (χ2v) is 5.46. The Morgan fingerprint density at radius 2 is 2.09 bits per heavy atom. The van der Waals surface area contributed by atoms with Crippen molar-refractivity contribution in [2.24, 2.45) is 0 Å². The highest BCUT2D eigenvalue weighted by Crippen LogP contribution is 2.28. The summed E-state index contributed by atoms with van der Waals surface area (Å²) in [5.74, 6) is 0.901.